The summed E-state index contributed by atoms with van der Waals surface area (Å²) in [5.74, 6) is 0. The van der Waals surface area contributed by atoms with Crippen molar-refractivity contribution in [1.82, 2.24) is 0 Å². The van der Waals surface area contributed by atoms with E-state index in [1.807, 2.05) is 18.2 Å². The van der Waals surface area contributed by atoms with Crippen molar-refractivity contribution in [2.24, 2.45) is 5.73 Å². The van der Waals surface area contributed by atoms with Crippen LogP contribution < -0.4 is 5.73 Å². The molecule has 0 heterocycles. The van der Waals surface area contributed by atoms with Gasteiger partial charge in [-0.05, 0) is 24.1 Å². The van der Waals surface area contributed by atoms with E-state index < -0.39 is 0 Å². The smallest absolute Gasteiger partial charge is 0.0417 e. The van der Waals surface area contributed by atoms with Gasteiger partial charge in [-0.3, -0.25) is 0 Å². The topological polar surface area (TPSA) is 26.0 Å². The van der Waals surface area contributed by atoms with E-state index in [2.05, 4.69) is 22.9 Å². The van der Waals surface area contributed by atoms with Crippen LogP contribution in [0.15, 0.2) is 22.7 Å². The Bertz CT molecular complexity index is 318. The molecule has 0 unspecified atom stereocenters. The summed E-state index contributed by atoms with van der Waals surface area (Å²) >= 11 is 9.37. The molecule has 0 spiro atoms. The summed E-state index contributed by atoms with van der Waals surface area (Å²) in [4.78, 5) is 0. The number of nitrogens with two attached hydrogens (primary N) is 1. The van der Waals surface area contributed by atoms with Crippen LogP contribution in [0.2, 0.25) is 5.02 Å². The van der Waals surface area contributed by atoms with Crippen molar-refractivity contribution in [2.75, 3.05) is 0 Å². The fourth-order valence-corrected chi connectivity index (χ4v) is 2.55. The number of halogens is 3. The summed E-state index contributed by atoms with van der Waals surface area (Å²) in [6, 6.07) is 5.91. The minimum Gasteiger partial charge on any atom is -0.324 e. The lowest BCUT2D eigenvalue weighted by Gasteiger charge is -2.13. The van der Waals surface area contributed by atoms with E-state index in [-0.39, 0.29) is 18.4 Å². The molecule has 0 saturated heterocycles. The average Bonchev–Trinajstić information content (AvgIpc) is 2.17. The highest BCUT2D eigenvalue weighted by Crippen LogP contribution is 2.28. The van der Waals surface area contributed by atoms with Crippen LogP contribution in [0.3, 0.4) is 0 Å². The molecule has 0 radical (unpaired) electrons. The first-order chi connectivity index (χ1) is 7.15. The van der Waals surface area contributed by atoms with Gasteiger partial charge in [-0.2, -0.15) is 0 Å². The van der Waals surface area contributed by atoms with Crippen molar-refractivity contribution in [2.45, 2.75) is 38.6 Å². The lowest BCUT2D eigenvalue weighted by molar-refractivity contribution is 0.580. The molecular formula is C12H18BrCl2N. The van der Waals surface area contributed by atoms with Crippen LogP contribution in [-0.2, 0) is 0 Å². The summed E-state index contributed by atoms with van der Waals surface area (Å²) in [5.41, 5.74) is 7.26. The van der Waals surface area contributed by atoms with Gasteiger partial charge in [0, 0.05) is 15.5 Å². The van der Waals surface area contributed by atoms with Gasteiger partial charge in [-0.1, -0.05) is 59.8 Å². The summed E-state index contributed by atoms with van der Waals surface area (Å²) < 4.78 is 1.01. The zero-order chi connectivity index (χ0) is 11.3. The van der Waals surface area contributed by atoms with E-state index in [9.17, 15) is 0 Å². The van der Waals surface area contributed by atoms with Gasteiger partial charge in [0.2, 0.25) is 0 Å². The van der Waals surface area contributed by atoms with E-state index in [0.717, 1.165) is 21.5 Å². The van der Waals surface area contributed by atoms with Gasteiger partial charge in [-0.15, -0.1) is 12.4 Å². The Kier molecular flexibility index (Phi) is 8.47. The summed E-state index contributed by atoms with van der Waals surface area (Å²) in [5, 5.41) is 0.742. The first-order valence-electron chi connectivity index (χ1n) is 5.35. The lowest BCUT2D eigenvalue weighted by Crippen LogP contribution is -2.10. The minimum absolute atomic E-state index is 0. The van der Waals surface area contributed by atoms with E-state index in [1.165, 1.54) is 19.3 Å². The Morgan fingerprint density at radius 3 is 2.62 bits per heavy atom. The van der Waals surface area contributed by atoms with E-state index in [1.54, 1.807) is 0 Å². The highest BCUT2D eigenvalue weighted by Gasteiger charge is 2.09. The highest BCUT2D eigenvalue weighted by molar-refractivity contribution is 9.10. The molecular weight excluding hydrogens is 309 g/mol. The molecule has 16 heavy (non-hydrogen) atoms. The van der Waals surface area contributed by atoms with Gasteiger partial charge in [-0.25, -0.2) is 0 Å². The van der Waals surface area contributed by atoms with Crippen molar-refractivity contribution in [3.8, 4) is 0 Å². The lowest BCUT2D eigenvalue weighted by atomic mass is 10.0. The molecule has 0 saturated carbocycles. The summed E-state index contributed by atoms with van der Waals surface area (Å²) in [6.45, 7) is 2.20. The van der Waals surface area contributed by atoms with Gasteiger partial charge < -0.3 is 5.73 Å². The maximum absolute atomic E-state index is 6.11. The zero-order valence-electron chi connectivity index (χ0n) is 9.38. The predicted octanol–water partition coefficient (Wildman–Crippen LogP) is 5.10. The second-order valence-corrected chi connectivity index (χ2v) is 5.06. The van der Waals surface area contributed by atoms with Crippen LogP contribution in [0.25, 0.3) is 0 Å². The fourth-order valence-electron chi connectivity index (χ4n) is 1.57. The molecule has 1 atom stereocenters. The average molecular weight is 327 g/mol. The molecule has 2 N–H and O–H groups in total. The number of hydrogen-bond acceptors (Lipinski definition) is 1. The van der Waals surface area contributed by atoms with Crippen LogP contribution in [0, 0.1) is 0 Å². The van der Waals surface area contributed by atoms with Crippen LogP contribution in [0.4, 0.5) is 0 Å². The number of hydrogen-bond donors (Lipinski definition) is 1. The predicted molar refractivity (Wildman–Crippen MR) is 77.5 cm³/mol. The number of unbranched alkanes of at least 4 members (excludes halogenated alkanes) is 2. The molecule has 4 heteroatoms. The second-order valence-electron chi connectivity index (χ2n) is 3.77. The zero-order valence-corrected chi connectivity index (χ0v) is 12.5. The molecule has 92 valence electrons. The Labute approximate surface area is 117 Å². The molecule has 1 aromatic carbocycles. The molecule has 0 bridgehead atoms. The third-order valence-corrected chi connectivity index (χ3v) is 3.40. The SMILES string of the molecule is CCCCC[C@H](N)c1ccc(Cl)cc1Br.Cl. The van der Waals surface area contributed by atoms with E-state index in [0.29, 0.717) is 0 Å². The fraction of sp³-hybridized carbons (Fsp3) is 0.500. The molecule has 1 aromatic rings. The van der Waals surface area contributed by atoms with Gasteiger partial charge in [0.05, 0.1) is 0 Å². The van der Waals surface area contributed by atoms with Gasteiger partial charge in [0.15, 0.2) is 0 Å². The largest absolute Gasteiger partial charge is 0.324 e. The molecule has 0 aliphatic rings. The molecule has 0 aliphatic carbocycles. The van der Waals surface area contributed by atoms with Crippen molar-refractivity contribution in [3.05, 3.63) is 33.3 Å². The maximum atomic E-state index is 6.11. The molecule has 0 amide bonds. The van der Waals surface area contributed by atoms with Gasteiger partial charge in [0.25, 0.3) is 0 Å². The molecule has 1 nitrogen and oxygen atoms in total. The standard InChI is InChI=1S/C12H17BrClN.ClH/c1-2-3-4-5-12(15)10-7-6-9(14)8-11(10)13;/h6-8,12H,2-5,15H2,1H3;1H/t12-;/m0./s1. The Morgan fingerprint density at radius 1 is 1.38 bits per heavy atom. The number of benzene rings is 1. The molecule has 0 fully saturated rings. The summed E-state index contributed by atoms with van der Waals surface area (Å²) in [6.07, 6.45) is 4.70. The van der Waals surface area contributed by atoms with Crippen LogP contribution in [0.5, 0.6) is 0 Å². The molecule has 0 aromatic heterocycles. The van der Waals surface area contributed by atoms with Gasteiger partial charge >= 0.3 is 0 Å². The van der Waals surface area contributed by atoms with Crippen molar-refractivity contribution in [3.63, 3.8) is 0 Å². The minimum atomic E-state index is 0. The molecule has 1 rings (SSSR count). The first kappa shape index (κ1) is 16.2. The monoisotopic (exact) mass is 325 g/mol. The van der Waals surface area contributed by atoms with Crippen molar-refractivity contribution in [1.29, 1.82) is 0 Å². The van der Waals surface area contributed by atoms with Crippen molar-refractivity contribution < 1.29 is 0 Å². The van der Waals surface area contributed by atoms with Gasteiger partial charge in [0.1, 0.15) is 0 Å². The maximum Gasteiger partial charge on any atom is 0.0417 e. The molecule has 0 aliphatic heterocycles. The first-order valence-corrected chi connectivity index (χ1v) is 6.52. The number of rotatable bonds is 5. The third kappa shape index (κ3) is 5.05. The van der Waals surface area contributed by atoms with E-state index in [4.69, 9.17) is 17.3 Å². The second kappa shape index (κ2) is 8.35. The van der Waals surface area contributed by atoms with Crippen LogP contribution >= 0.6 is 39.9 Å². The van der Waals surface area contributed by atoms with E-state index >= 15 is 0 Å². The quantitative estimate of drug-likeness (QED) is 0.748. The highest BCUT2D eigenvalue weighted by atomic mass is 79.9. The summed E-state index contributed by atoms with van der Waals surface area (Å²) in [7, 11) is 0. The normalized spacial score (nSPS) is 12.0. The Balaban J connectivity index is 0.00000225. The van der Waals surface area contributed by atoms with Crippen LogP contribution in [-0.4, -0.2) is 0 Å². The Morgan fingerprint density at radius 2 is 2.06 bits per heavy atom. The van der Waals surface area contributed by atoms with Crippen molar-refractivity contribution >= 4 is 39.9 Å². The Hall–Kier alpha value is 0.240. The third-order valence-electron chi connectivity index (χ3n) is 2.48. The van der Waals surface area contributed by atoms with Crippen LogP contribution in [0.1, 0.15) is 44.2 Å².